The van der Waals surface area contributed by atoms with Crippen molar-refractivity contribution in [2.45, 2.75) is 32.4 Å². The van der Waals surface area contributed by atoms with Gasteiger partial charge in [0.25, 0.3) is 5.91 Å². The van der Waals surface area contributed by atoms with Gasteiger partial charge in [-0.3, -0.25) is 9.10 Å². The molecular weight excluding hydrogens is 316 g/mol. The van der Waals surface area contributed by atoms with E-state index in [4.69, 9.17) is 4.74 Å². The molecule has 2 aliphatic heterocycles. The maximum atomic E-state index is 12.8. The van der Waals surface area contributed by atoms with Crippen LogP contribution in [0.15, 0.2) is 24.3 Å². The number of carbonyl (C=O) groups excluding carboxylic acids is 1. The molecule has 0 spiro atoms. The van der Waals surface area contributed by atoms with Crippen molar-refractivity contribution in [1.82, 2.24) is 4.90 Å². The van der Waals surface area contributed by atoms with E-state index in [-0.39, 0.29) is 23.8 Å². The fourth-order valence-electron chi connectivity index (χ4n) is 3.08. The minimum atomic E-state index is -3.24. The third kappa shape index (κ3) is 3.21. The number of sulfonamides is 1. The van der Waals surface area contributed by atoms with Gasteiger partial charge >= 0.3 is 0 Å². The molecule has 2 heterocycles. The lowest BCUT2D eigenvalue weighted by atomic mass is 10.1. The second kappa shape index (κ2) is 6.13. The summed E-state index contributed by atoms with van der Waals surface area (Å²) in [5.74, 6) is 0.0921. The zero-order chi connectivity index (χ0) is 16.6. The van der Waals surface area contributed by atoms with Gasteiger partial charge in [0.15, 0.2) is 0 Å². The van der Waals surface area contributed by atoms with Gasteiger partial charge < -0.3 is 9.64 Å². The van der Waals surface area contributed by atoms with Gasteiger partial charge in [-0.05, 0) is 38.5 Å². The fourth-order valence-corrected chi connectivity index (χ4v) is 4.63. The molecule has 23 heavy (non-hydrogen) atoms. The second-order valence-corrected chi connectivity index (χ2v) is 8.26. The predicted molar refractivity (Wildman–Crippen MR) is 88.1 cm³/mol. The maximum absolute atomic E-state index is 12.8. The zero-order valence-corrected chi connectivity index (χ0v) is 14.3. The van der Waals surface area contributed by atoms with Crippen LogP contribution < -0.4 is 4.31 Å². The summed E-state index contributed by atoms with van der Waals surface area (Å²) in [6.07, 6.45) is 0.635. The quantitative estimate of drug-likeness (QED) is 0.819. The number of carbonyl (C=O) groups is 1. The summed E-state index contributed by atoms with van der Waals surface area (Å²) >= 11 is 0. The van der Waals surface area contributed by atoms with Crippen LogP contribution in [0.3, 0.4) is 0 Å². The maximum Gasteiger partial charge on any atom is 0.254 e. The Bertz CT molecular complexity index is 704. The molecule has 0 aromatic heterocycles. The van der Waals surface area contributed by atoms with Gasteiger partial charge in [0.1, 0.15) is 0 Å². The Labute approximate surface area is 137 Å². The highest BCUT2D eigenvalue weighted by molar-refractivity contribution is 7.93. The van der Waals surface area contributed by atoms with Gasteiger partial charge in [-0.2, -0.15) is 0 Å². The first-order chi connectivity index (χ1) is 10.9. The molecule has 0 radical (unpaired) electrons. The second-order valence-electron chi connectivity index (χ2n) is 6.24. The number of benzene rings is 1. The van der Waals surface area contributed by atoms with E-state index in [9.17, 15) is 13.2 Å². The van der Waals surface area contributed by atoms with Gasteiger partial charge in [0.2, 0.25) is 10.0 Å². The van der Waals surface area contributed by atoms with Crippen molar-refractivity contribution in [3.63, 3.8) is 0 Å². The summed E-state index contributed by atoms with van der Waals surface area (Å²) in [6.45, 7) is 5.45. The highest BCUT2D eigenvalue weighted by atomic mass is 32.2. The Balaban J connectivity index is 1.86. The molecule has 2 saturated heterocycles. The SMILES string of the molecule is C[C@@H]1CN(C(=O)c2cccc(N3CCCS3(=O)=O)c2)[C@H](C)CO1. The Hall–Kier alpha value is -1.60. The molecule has 3 rings (SSSR count). The molecule has 1 amide bonds. The number of amides is 1. The first-order valence-electron chi connectivity index (χ1n) is 7.91. The number of anilines is 1. The normalized spacial score (nSPS) is 27.2. The molecule has 2 atom stereocenters. The average Bonchev–Trinajstić information content (AvgIpc) is 2.88. The molecule has 0 N–H and O–H groups in total. The minimum Gasteiger partial charge on any atom is -0.375 e. The van der Waals surface area contributed by atoms with E-state index < -0.39 is 10.0 Å². The van der Waals surface area contributed by atoms with E-state index in [0.717, 1.165) is 0 Å². The van der Waals surface area contributed by atoms with E-state index in [2.05, 4.69) is 0 Å². The van der Waals surface area contributed by atoms with E-state index in [1.54, 1.807) is 29.2 Å². The topological polar surface area (TPSA) is 66.9 Å². The number of nitrogens with zero attached hydrogens (tertiary/aromatic N) is 2. The molecule has 7 heteroatoms. The molecule has 126 valence electrons. The Morgan fingerprint density at radius 1 is 1.30 bits per heavy atom. The zero-order valence-electron chi connectivity index (χ0n) is 13.4. The monoisotopic (exact) mass is 338 g/mol. The molecular formula is C16H22N2O4S. The van der Waals surface area contributed by atoms with Crippen LogP contribution in [0.25, 0.3) is 0 Å². The van der Waals surface area contributed by atoms with Gasteiger partial charge in [0.05, 0.1) is 30.2 Å². The van der Waals surface area contributed by atoms with E-state index in [1.165, 1.54) is 4.31 Å². The summed E-state index contributed by atoms with van der Waals surface area (Å²) in [5.41, 5.74) is 1.09. The number of hydrogen-bond acceptors (Lipinski definition) is 4. The standard InChI is InChI=1S/C16H22N2O4S/c1-12-11-22-13(2)10-17(12)16(19)14-5-3-6-15(9-14)18-7-4-8-23(18,20)21/h3,5-6,9,12-13H,4,7-8,10-11H2,1-2H3/t12-,13-/m1/s1. The lowest BCUT2D eigenvalue weighted by molar-refractivity contribution is -0.0387. The molecule has 0 aliphatic carbocycles. The van der Waals surface area contributed by atoms with E-state index in [0.29, 0.717) is 37.4 Å². The van der Waals surface area contributed by atoms with Gasteiger partial charge in [-0.1, -0.05) is 6.07 Å². The summed E-state index contributed by atoms with van der Waals surface area (Å²) in [7, 11) is -3.24. The van der Waals surface area contributed by atoms with Crippen molar-refractivity contribution < 1.29 is 17.9 Å². The molecule has 0 saturated carbocycles. The van der Waals surface area contributed by atoms with Crippen LogP contribution in [-0.4, -0.2) is 56.8 Å². The lowest BCUT2D eigenvalue weighted by Crippen LogP contribution is -2.50. The number of rotatable bonds is 2. The third-order valence-corrected chi connectivity index (χ3v) is 6.22. The molecule has 6 nitrogen and oxygen atoms in total. The van der Waals surface area contributed by atoms with Crippen molar-refractivity contribution in [2.75, 3.05) is 29.8 Å². The van der Waals surface area contributed by atoms with Crippen LogP contribution >= 0.6 is 0 Å². The van der Waals surface area contributed by atoms with Crippen LogP contribution in [-0.2, 0) is 14.8 Å². The highest BCUT2D eigenvalue weighted by Gasteiger charge is 2.31. The minimum absolute atomic E-state index is 0.0114. The van der Waals surface area contributed by atoms with Crippen molar-refractivity contribution in [3.05, 3.63) is 29.8 Å². The van der Waals surface area contributed by atoms with Crippen LogP contribution in [0.2, 0.25) is 0 Å². The highest BCUT2D eigenvalue weighted by Crippen LogP contribution is 2.26. The Morgan fingerprint density at radius 3 is 2.78 bits per heavy atom. The molecule has 2 fully saturated rings. The molecule has 1 aromatic carbocycles. The average molecular weight is 338 g/mol. The Morgan fingerprint density at radius 2 is 2.09 bits per heavy atom. The largest absolute Gasteiger partial charge is 0.375 e. The van der Waals surface area contributed by atoms with Crippen molar-refractivity contribution in [1.29, 1.82) is 0 Å². The number of ether oxygens (including phenoxy) is 1. The summed E-state index contributed by atoms with van der Waals surface area (Å²) < 4.78 is 31.1. The predicted octanol–water partition coefficient (Wildman–Crippen LogP) is 1.48. The van der Waals surface area contributed by atoms with Gasteiger partial charge in [-0.15, -0.1) is 0 Å². The van der Waals surface area contributed by atoms with Crippen molar-refractivity contribution >= 4 is 21.6 Å². The van der Waals surface area contributed by atoms with Crippen molar-refractivity contribution in [3.8, 4) is 0 Å². The Kier molecular flexibility index (Phi) is 4.33. The van der Waals surface area contributed by atoms with Crippen LogP contribution in [0.5, 0.6) is 0 Å². The molecule has 0 unspecified atom stereocenters. The fraction of sp³-hybridized carbons (Fsp3) is 0.562. The first-order valence-corrected chi connectivity index (χ1v) is 9.52. The lowest BCUT2D eigenvalue weighted by Gasteiger charge is -2.37. The molecule has 1 aromatic rings. The van der Waals surface area contributed by atoms with E-state index in [1.807, 2.05) is 13.8 Å². The third-order valence-electron chi connectivity index (χ3n) is 4.35. The van der Waals surface area contributed by atoms with Gasteiger partial charge in [-0.25, -0.2) is 8.42 Å². The summed E-state index contributed by atoms with van der Waals surface area (Å²) in [4.78, 5) is 14.6. The summed E-state index contributed by atoms with van der Waals surface area (Å²) in [6, 6.07) is 6.91. The van der Waals surface area contributed by atoms with Crippen LogP contribution in [0.4, 0.5) is 5.69 Å². The van der Waals surface area contributed by atoms with Gasteiger partial charge in [0, 0.05) is 18.7 Å². The summed E-state index contributed by atoms with van der Waals surface area (Å²) in [5, 5.41) is 0. The van der Waals surface area contributed by atoms with Crippen LogP contribution in [0.1, 0.15) is 30.6 Å². The van der Waals surface area contributed by atoms with E-state index >= 15 is 0 Å². The molecule has 0 bridgehead atoms. The smallest absolute Gasteiger partial charge is 0.254 e. The number of morpholine rings is 1. The van der Waals surface area contributed by atoms with Crippen molar-refractivity contribution in [2.24, 2.45) is 0 Å². The first kappa shape index (κ1) is 16.3. The number of hydrogen-bond donors (Lipinski definition) is 0. The molecule has 2 aliphatic rings. The van der Waals surface area contributed by atoms with Crippen LogP contribution in [0, 0.1) is 0 Å².